The van der Waals surface area contributed by atoms with E-state index in [0.717, 1.165) is 46.9 Å². The summed E-state index contributed by atoms with van der Waals surface area (Å²) in [7, 11) is 0. The van der Waals surface area contributed by atoms with Gasteiger partial charge in [0.05, 0.1) is 19.5 Å². The molecule has 80 heavy (non-hydrogen) atoms. The zero-order valence-electron chi connectivity index (χ0n) is 43.3. The van der Waals surface area contributed by atoms with Crippen LogP contribution in [0.2, 0.25) is 0 Å². The molecule has 0 saturated carbocycles. The molecule has 0 aromatic rings. The number of rotatable bonds is 19. The van der Waals surface area contributed by atoms with Crippen LogP contribution in [-0.4, -0.2) is 234 Å². The van der Waals surface area contributed by atoms with E-state index in [1.807, 2.05) is 0 Å². The highest BCUT2D eigenvalue weighted by Crippen LogP contribution is 2.38. The van der Waals surface area contributed by atoms with Gasteiger partial charge in [-0.2, -0.15) is 0 Å². The van der Waals surface area contributed by atoms with E-state index in [9.17, 15) is 68.4 Å². The molecule has 3 saturated heterocycles. The Morgan fingerprint density at radius 1 is 0.637 bits per heavy atom. The maximum absolute atomic E-state index is 12.1. The van der Waals surface area contributed by atoms with Gasteiger partial charge in [0.15, 0.2) is 12.1 Å². The predicted molar refractivity (Wildman–Crippen MR) is 265 cm³/mol. The number of amides is 8. The Balaban J connectivity index is 0.000000182. The minimum absolute atomic E-state index is 0.0130. The van der Waals surface area contributed by atoms with Crippen molar-refractivity contribution in [3.05, 3.63) is 24.3 Å². The number of nitrogens with zero attached hydrogens (tertiary/aromatic N) is 5. The van der Waals surface area contributed by atoms with E-state index >= 15 is 0 Å². The Labute approximate surface area is 454 Å². The Morgan fingerprint density at radius 2 is 1.06 bits per heavy atom. The summed E-state index contributed by atoms with van der Waals surface area (Å²) in [5.41, 5.74) is 26.6. The quantitative estimate of drug-likeness (QED) is 0.0247. The maximum atomic E-state index is 12.1. The number of aliphatic hydroxyl groups is 4. The smallest absolute Gasteiger partial charge is 0.407 e. The fraction of sp³-hybridized carbons (Fsp3) is 0.600. The van der Waals surface area contributed by atoms with E-state index < -0.39 is 101 Å². The molecular weight excluding hydrogens is 1060 g/mol. The third kappa shape index (κ3) is 12.2. The fourth-order valence-electron chi connectivity index (χ4n) is 10.5. The summed E-state index contributed by atoms with van der Waals surface area (Å²) in [5, 5.41) is 59.9. The lowest BCUT2D eigenvalue weighted by Crippen LogP contribution is -2.91. The zero-order valence-corrected chi connectivity index (χ0v) is 43.3. The lowest BCUT2D eigenvalue weighted by atomic mass is 9.87. The fourth-order valence-corrected chi connectivity index (χ4v) is 10.5. The molecule has 35 nitrogen and oxygen atoms in total. The van der Waals surface area contributed by atoms with Crippen LogP contribution in [0.1, 0.15) is 64.2 Å². The largest absolute Gasteiger partial charge is 0.446 e. The van der Waals surface area contributed by atoms with Gasteiger partial charge < -0.3 is 51.1 Å². The van der Waals surface area contributed by atoms with Gasteiger partial charge in [-0.15, -0.1) is 5.06 Å². The normalized spacial score (nSPS) is 27.0. The molecule has 0 radical (unpaired) electrons. The van der Waals surface area contributed by atoms with Crippen LogP contribution in [0.15, 0.2) is 24.3 Å². The number of unbranched alkanes of at least 4 members (excludes halogenated alkanes) is 1. The molecule has 0 aliphatic carbocycles. The number of carbonyl (C=O) groups excluding carboxylic acids is 10. The average Bonchev–Trinajstić information content (AvgIpc) is 4.40. The van der Waals surface area contributed by atoms with Crippen LogP contribution in [0.5, 0.6) is 0 Å². The van der Waals surface area contributed by atoms with Crippen molar-refractivity contribution in [2.45, 2.75) is 111 Å². The topological polar surface area (TPSA) is 525 Å². The lowest BCUT2D eigenvalue weighted by Gasteiger charge is -2.40. The first kappa shape index (κ1) is 59.1. The van der Waals surface area contributed by atoms with Crippen molar-refractivity contribution < 1.29 is 102 Å². The van der Waals surface area contributed by atoms with E-state index in [-0.39, 0.29) is 114 Å². The molecule has 6 atom stereocenters. The molecule has 2 spiro atoms. The van der Waals surface area contributed by atoms with Gasteiger partial charge in [0.1, 0.15) is 31.1 Å². The summed E-state index contributed by atoms with van der Waals surface area (Å²) in [6.45, 7) is 1.51. The van der Waals surface area contributed by atoms with Crippen molar-refractivity contribution >= 4 is 83.2 Å². The first-order chi connectivity index (χ1) is 37.8. The highest BCUT2D eigenvalue weighted by molar-refractivity contribution is 6.13. The summed E-state index contributed by atoms with van der Waals surface area (Å²) in [6.07, 6.45) is 5.25. The van der Waals surface area contributed by atoms with Gasteiger partial charge in [0, 0.05) is 89.0 Å². The van der Waals surface area contributed by atoms with Crippen LogP contribution in [0.3, 0.4) is 0 Å². The van der Waals surface area contributed by atoms with Crippen LogP contribution < -0.4 is 70.6 Å². The summed E-state index contributed by atoms with van der Waals surface area (Å²) < 4.78 is 13.8. The van der Waals surface area contributed by atoms with Gasteiger partial charge in [-0.25, -0.2) is 34.2 Å². The Hall–Kier alpha value is -8.54. The summed E-state index contributed by atoms with van der Waals surface area (Å²) >= 11 is 0. The monoisotopic (exact) mass is 1130 g/mol. The number of nitrogens with one attached hydrogen (secondary N) is 8. The molecule has 35 heteroatoms. The highest BCUT2D eigenvalue weighted by Gasteiger charge is 2.76. The molecule has 0 aromatic heterocycles. The number of carbonyl (C=O) groups is 10. The molecule has 9 heterocycles. The van der Waals surface area contributed by atoms with E-state index in [4.69, 9.17) is 38.1 Å². The molecule has 0 bridgehead atoms. The lowest BCUT2D eigenvalue weighted by molar-refractivity contribution is -0.674. The van der Waals surface area contributed by atoms with Gasteiger partial charge in [-0.1, -0.05) is 0 Å². The minimum Gasteiger partial charge on any atom is -0.446 e. The molecule has 9 aliphatic heterocycles. The third-order valence-corrected chi connectivity index (χ3v) is 14.4. The van der Waals surface area contributed by atoms with Gasteiger partial charge in [-0.3, -0.25) is 86.9 Å². The SMILES string of the molecule is NC1=[NH+][C@H]2C(COC(=O)NCCCC(=O)CCN3C(=O)C=CC3=O)NC(N)=[N+]3CCC(O)(O)C23N1.NCCCCNC(=O)OCC1NC(N)=[N+]2CCC(O)(O)C23NC(N)=[NH+][C@@H]13.O=C(CCN1C(=O)C=CC1=O)ON1C(=O)CCC1=O. The molecule has 9 aliphatic rings. The van der Waals surface area contributed by atoms with Gasteiger partial charge in [0.25, 0.3) is 46.8 Å². The Kier molecular flexibility index (Phi) is 17.9. The standard InChI is InChI=1S/C20H28N8O7.C14H26N8O4.C11H10N2O6/c21-16-25-15-12(24-17(22)28-9-6-19(33,34)20(15,28)26-16)10-35-18(32)23-7-1-2-11(29)5-8-27-13(30)3-4-14(27)31;15-4-1-2-5-18-12(23)26-7-8-9-14(21-10(16)20-9)13(24,25)3-6-22(14)11(17)19-8;14-7-1-2-8(15)12(7)6-5-11(18)19-13-9(16)3-4-10(13)17/h3-4,12,15,33-34H,1-2,5-10H2,(H6,21,22,23,24,25,26,32);8-9,24-25H,1-7,15H2,(H6,16,17,18,19,20,21,23);1-2H,3-6H2/p+4/t12?,15-,20?;8?,9-,14?;/m00./s1. The van der Waals surface area contributed by atoms with Crippen molar-refractivity contribution in [1.82, 2.24) is 46.8 Å². The van der Waals surface area contributed by atoms with Crippen molar-refractivity contribution in [1.29, 1.82) is 0 Å². The molecule has 3 fully saturated rings. The summed E-state index contributed by atoms with van der Waals surface area (Å²) in [5.74, 6) is -7.45. The van der Waals surface area contributed by atoms with Crippen LogP contribution in [0.25, 0.3) is 0 Å². The predicted octanol–water partition coefficient (Wildman–Crippen LogP) is -13.4. The zero-order chi connectivity index (χ0) is 58.3. The number of ketones is 1. The van der Waals surface area contributed by atoms with Crippen molar-refractivity contribution in [2.24, 2.45) is 28.7 Å². The van der Waals surface area contributed by atoms with Gasteiger partial charge >= 0.3 is 42.0 Å². The van der Waals surface area contributed by atoms with Crippen LogP contribution >= 0.6 is 0 Å². The molecule has 22 N–H and O–H groups in total. The van der Waals surface area contributed by atoms with Crippen LogP contribution in [-0.2, 0) is 52.7 Å². The number of guanidine groups is 4. The summed E-state index contributed by atoms with van der Waals surface area (Å²) in [6, 6.07) is -2.42. The molecule has 4 unspecified atom stereocenters. The van der Waals surface area contributed by atoms with E-state index in [2.05, 4.69) is 46.7 Å². The average molecular weight is 1130 g/mol. The number of hydrogen-bond donors (Lipinski definition) is 17. The van der Waals surface area contributed by atoms with Crippen LogP contribution in [0, 0.1) is 0 Å². The number of Topliss-reactive ketones (excluding diaryl/α,β-unsaturated/α-hetero) is 1. The molecule has 0 aromatic carbocycles. The number of hydroxylamine groups is 2. The number of nitrogens with two attached hydrogens (primary N) is 5. The number of imide groups is 3. The van der Waals surface area contributed by atoms with Crippen molar-refractivity contribution in [3.63, 3.8) is 0 Å². The van der Waals surface area contributed by atoms with E-state index in [1.165, 1.54) is 0 Å². The third-order valence-electron chi connectivity index (χ3n) is 14.4. The second-order valence-corrected chi connectivity index (χ2v) is 19.6. The Morgan fingerprint density at radius 3 is 1.50 bits per heavy atom. The second-order valence-electron chi connectivity index (χ2n) is 19.6. The molecule has 8 amide bonds. The Bertz CT molecular complexity index is 2690. The highest BCUT2D eigenvalue weighted by atomic mass is 16.7. The number of ether oxygens (including phenoxy) is 2. The first-order valence-electron chi connectivity index (χ1n) is 25.6. The van der Waals surface area contributed by atoms with Crippen molar-refractivity contribution in [2.75, 3.05) is 59.0 Å². The maximum Gasteiger partial charge on any atom is 0.407 e. The van der Waals surface area contributed by atoms with Crippen molar-refractivity contribution in [3.8, 4) is 0 Å². The van der Waals surface area contributed by atoms with Gasteiger partial charge in [0.2, 0.25) is 11.6 Å². The number of hydrogen-bond acceptors (Lipinski definition) is 26. The van der Waals surface area contributed by atoms with E-state index in [1.54, 1.807) is 9.15 Å². The summed E-state index contributed by atoms with van der Waals surface area (Å²) in [4.78, 5) is 128. The first-order valence-corrected chi connectivity index (χ1v) is 25.6. The van der Waals surface area contributed by atoms with Gasteiger partial charge in [-0.05, 0) is 25.8 Å². The van der Waals surface area contributed by atoms with E-state index in [0.29, 0.717) is 31.1 Å². The minimum atomic E-state index is -2.14. The molecule has 436 valence electrons. The molecule has 9 rings (SSSR count). The van der Waals surface area contributed by atoms with Crippen LogP contribution in [0.4, 0.5) is 9.59 Å². The molecular formula is C45H68N18O17+4. The second kappa shape index (κ2) is 24.2. The number of alkyl carbamates (subject to hydrolysis) is 2.